The van der Waals surface area contributed by atoms with E-state index >= 15 is 0 Å². The number of nitrogens with one attached hydrogen (secondary N) is 1. The fraction of sp³-hybridized carbons (Fsp3) is 0.889. The summed E-state index contributed by atoms with van der Waals surface area (Å²) >= 11 is 3.28. The molecule has 0 rings (SSSR count). The van der Waals surface area contributed by atoms with E-state index in [-0.39, 0.29) is 19.1 Å². The van der Waals surface area contributed by atoms with Crippen molar-refractivity contribution in [3.63, 3.8) is 0 Å². The third-order valence-corrected chi connectivity index (χ3v) is 2.36. The molecular formula is C9H18BrNO3. The summed E-state index contributed by atoms with van der Waals surface area (Å²) in [6.07, 6.45) is 2.26. The van der Waals surface area contributed by atoms with Crippen LogP contribution in [0.1, 0.15) is 26.2 Å². The molecule has 0 bridgehead atoms. The Hall–Kier alpha value is -0.130. The summed E-state index contributed by atoms with van der Waals surface area (Å²) in [5.74, 6) is -0.0836. The average molecular weight is 268 g/mol. The molecule has 0 aromatic carbocycles. The molecule has 0 aliphatic heterocycles. The Morgan fingerprint density at radius 1 is 1.50 bits per heavy atom. The largest absolute Gasteiger partial charge is 0.393 e. The average Bonchev–Trinajstić information content (AvgIpc) is 2.16. The normalized spacial score (nSPS) is 14.9. The first-order valence-corrected chi connectivity index (χ1v) is 5.80. The van der Waals surface area contributed by atoms with Crippen LogP contribution in [0.2, 0.25) is 0 Å². The Balaban J connectivity index is 3.53. The summed E-state index contributed by atoms with van der Waals surface area (Å²) in [6, 6.07) is 0. The summed E-state index contributed by atoms with van der Waals surface area (Å²) in [4.78, 5) is 11.2. The molecular weight excluding hydrogens is 250 g/mol. The van der Waals surface area contributed by atoms with Gasteiger partial charge < -0.3 is 15.5 Å². The molecule has 0 saturated heterocycles. The van der Waals surface area contributed by atoms with Gasteiger partial charge in [0.05, 0.1) is 6.61 Å². The number of aliphatic hydroxyl groups excluding tert-OH is 1. The number of aliphatic hydroxyl groups is 2. The van der Waals surface area contributed by atoms with Crippen molar-refractivity contribution in [2.24, 2.45) is 0 Å². The first-order chi connectivity index (χ1) is 6.52. The number of alkyl halides is 1. The van der Waals surface area contributed by atoms with Gasteiger partial charge in [0.1, 0.15) is 5.60 Å². The second-order valence-electron chi connectivity index (χ2n) is 3.58. The van der Waals surface area contributed by atoms with Gasteiger partial charge in [-0.3, -0.25) is 4.79 Å². The molecule has 0 fully saturated rings. The van der Waals surface area contributed by atoms with Crippen LogP contribution in [0, 0.1) is 0 Å². The van der Waals surface area contributed by atoms with Crippen molar-refractivity contribution in [1.82, 2.24) is 5.32 Å². The van der Waals surface area contributed by atoms with E-state index in [0.29, 0.717) is 6.42 Å². The number of amides is 1. The van der Waals surface area contributed by atoms with Crippen LogP contribution in [0.15, 0.2) is 0 Å². The molecule has 4 nitrogen and oxygen atoms in total. The number of halogens is 1. The fourth-order valence-corrected chi connectivity index (χ4v) is 1.21. The Morgan fingerprint density at radius 2 is 2.14 bits per heavy atom. The highest BCUT2D eigenvalue weighted by Gasteiger charge is 2.19. The van der Waals surface area contributed by atoms with Gasteiger partial charge in [-0.15, -0.1) is 0 Å². The highest BCUT2D eigenvalue weighted by atomic mass is 79.9. The van der Waals surface area contributed by atoms with Gasteiger partial charge in [-0.1, -0.05) is 15.9 Å². The summed E-state index contributed by atoms with van der Waals surface area (Å²) < 4.78 is 0. The molecule has 0 aromatic rings. The molecule has 1 atom stereocenters. The molecule has 0 aliphatic rings. The predicted molar refractivity (Wildman–Crippen MR) is 58.4 cm³/mol. The molecule has 84 valence electrons. The van der Waals surface area contributed by atoms with E-state index in [4.69, 9.17) is 5.11 Å². The summed E-state index contributed by atoms with van der Waals surface area (Å²) in [6.45, 7) is 1.22. The topological polar surface area (TPSA) is 69.6 Å². The lowest BCUT2D eigenvalue weighted by molar-refractivity contribution is -0.122. The molecule has 14 heavy (non-hydrogen) atoms. The zero-order valence-corrected chi connectivity index (χ0v) is 10.0. The summed E-state index contributed by atoms with van der Waals surface area (Å²) in [5, 5.41) is 21.6. The van der Waals surface area contributed by atoms with Crippen molar-refractivity contribution in [2.75, 3.05) is 18.5 Å². The van der Waals surface area contributed by atoms with Crippen LogP contribution in [-0.2, 0) is 4.79 Å². The van der Waals surface area contributed by atoms with Crippen LogP contribution in [0.5, 0.6) is 0 Å². The Labute approximate surface area is 92.8 Å². The SMILES string of the molecule is CC(O)(CO)CNC(=O)CCCCBr. The highest BCUT2D eigenvalue weighted by molar-refractivity contribution is 9.09. The number of unbranched alkanes of at least 4 members (excludes halogenated alkanes) is 1. The zero-order valence-electron chi connectivity index (χ0n) is 8.42. The smallest absolute Gasteiger partial charge is 0.220 e. The van der Waals surface area contributed by atoms with Crippen molar-refractivity contribution >= 4 is 21.8 Å². The second kappa shape index (κ2) is 7.20. The third kappa shape index (κ3) is 7.29. The fourth-order valence-electron chi connectivity index (χ4n) is 0.813. The van der Waals surface area contributed by atoms with Gasteiger partial charge in [0.15, 0.2) is 0 Å². The molecule has 1 unspecified atom stereocenters. The van der Waals surface area contributed by atoms with Gasteiger partial charge in [0.2, 0.25) is 5.91 Å². The molecule has 0 spiro atoms. The number of rotatable bonds is 7. The first-order valence-electron chi connectivity index (χ1n) is 4.68. The molecule has 0 heterocycles. The van der Waals surface area contributed by atoms with Crippen molar-refractivity contribution < 1.29 is 15.0 Å². The highest BCUT2D eigenvalue weighted by Crippen LogP contribution is 2.01. The van der Waals surface area contributed by atoms with E-state index < -0.39 is 5.60 Å². The quantitative estimate of drug-likeness (QED) is 0.462. The Bertz CT molecular complexity index is 173. The van der Waals surface area contributed by atoms with Crippen molar-refractivity contribution in [3.8, 4) is 0 Å². The molecule has 3 N–H and O–H groups in total. The van der Waals surface area contributed by atoms with Gasteiger partial charge in [0, 0.05) is 18.3 Å². The standard InChI is InChI=1S/C9H18BrNO3/c1-9(14,7-12)6-11-8(13)4-2-3-5-10/h12,14H,2-7H2,1H3,(H,11,13). The predicted octanol–water partition coefficient (Wildman–Crippen LogP) is 0.411. The van der Waals surface area contributed by atoms with Crippen molar-refractivity contribution in [1.29, 1.82) is 0 Å². The molecule has 0 radical (unpaired) electrons. The Kier molecular flexibility index (Phi) is 7.13. The van der Waals surface area contributed by atoms with E-state index in [0.717, 1.165) is 18.2 Å². The van der Waals surface area contributed by atoms with Crippen molar-refractivity contribution in [2.45, 2.75) is 31.8 Å². The minimum Gasteiger partial charge on any atom is -0.393 e. The van der Waals surface area contributed by atoms with E-state index in [1.807, 2.05) is 0 Å². The van der Waals surface area contributed by atoms with Crippen molar-refractivity contribution in [3.05, 3.63) is 0 Å². The maximum absolute atomic E-state index is 11.2. The van der Waals surface area contributed by atoms with Crippen LogP contribution < -0.4 is 5.32 Å². The molecule has 0 saturated carbocycles. The Morgan fingerprint density at radius 3 is 2.64 bits per heavy atom. The number of carbonyl (C=O) groups excluding carboxylic acids is 1. The molecule has 0 aromatic heterocycles. The lowest BCUT2D eigenvalue weighted by Gasteiger charge is -2.20. The molecule has 0 aliphatic carbocycles. The van der Waals surface area contributed by atoms with E-state index in [1.165, 1.54) is 6.92 Å². The minimum absolute atomic E-state index is 0.0836. The van der Waals surface area contributed by atoms with Gasteiger partial charge in [-0.05, 0) is 19.8 Å². The molecule has 1 amide bonds. The lowest BCUT2D eigenvalue weighted by atomic mass is 10.1. The number of hydrogen-bond donors (Lipinski definition) is 3. The maximum Gasteiger partial charge on any atom is 0.220 e. The summed E-state index contributed by atoms with van der Waals surface area (Å²) in [5.41, 5.74) is -1.22. The van der Waals surface area contributed by atoms with Crippen LogP contribution in [0.25, 0.3) is 0 Å². The van der Waals surface area contributed by atoms with E-state index in [1.54, 1.807) is 0 Å². The zero-order chi connectivity index (χ0) is 11.0. The number of hydrogen-bond acceptors (Lipinski definition) is 3. The minimum atomic E-state index is -1.22. The van der Waals surface area contributed by atoms with Crippen LogP contribution in [-0.4, -0.2) is 40.2 Å². The number of carbonyl (C=O) groups is 1. The lowest BCUT2D eigenvalue weighted by Crippen LogP contribution is -2.43. The molecule has 5 heteroatoms. The maximum atomic E-state index is 11.2. The van der Waals surface area contributed by atoms with Gasteiger partial charge >= 0.3 is 0 Å². The second-order valence-corrected chi connectivity index (χ2v) is 4.37. The van der Waals surface area contributed by atoms with Crippen LogP contribution in [0.4, 0.5) is 0 Å². The third-order valence-electron chi connectivity index (χ3n) is 1.79. The summed E-state index contributed by atoms with van der Waals surface area (Å²) in [7, 11) is 0. The van der Waals surface area contributed by atoms with Crippen LogP contribution >= 0.6 is 15.9 Å². The van der Waals surface area contributed by atoms with E-state index in [9.17, 15) is 9.90 Å². The van der Waals surface area contributed by atoms with Gasteiger partial charge in [-0.2, -0.15) is 0 Å². The van der Waals surface area contributed by atoms with Gasteiger partial charge in [-0.25, -0.2) is 0 Å². The first kappa shape index (κ1) is 13.9. The monoisotopic (exact) mass is 267 g/mol. The van der Waals surface area contributed by atoms with E-state index in [2.05, 4.69) is 21.2 Å². The van der Waals surface area contributed by atoms with Crippen LogP contribution in [0.3, 0.4) is 0 Å². The van der Waals surface area contributed by atoms with Gasteiger partial charge in [0.25, 0.3) is 0 Å².